The lowest BCUT2D eigenvalue weighted by atomic mass is 10.1. The molecule has 0 aliphatic carbocycles. The van der Waals surface area contributed by atoms with E-state index in [1.54, 1.807) is 4.90 Å². The van der Waals surface area contributed by atoms with Gasteiger partial charge < -0.3 is 14.7 Å². The highest BCUT2D eigenvalue weighted by atomic mass is 32.2. The fourth-order valence-corrected chi connectivity index (χ4v) is 5.42. The van der Waals surface area contributed by atoms with E-state index < -0.39 is 22.0 Å². The van der Waals surface area contributed by atoms with Crippen LogP contribution in [-0.4, -0.2) is 78.4 Å². The molecule has 1 spiro atoms. The van der Waals surface area contributed by atoms with E-state index in [1.807, 2.05) is 30.3 Å². The lowest BCUT2D eigenvalue weighted by molar-refractivity contribution is -0.138. The molecular weight excluding hydrogens is 374 g/mol. The van der Waals surface area contributed by atoms with Crippen LogP contribution in [0.5, 0.6) is 0 Å². The molecule has 1 N–H and O–H groups in total. The second-order valence-electron chi connectivity index (χ2n) is 6.84. The van der Waals surface area contributed by atoms with Crippen LogP contribution in [0.4, 0.5) is 0 Å². The number of carboxylic acid groups (broad SMARTS) is 1. The maximum Gasteiger partial charge on any atom is 0.290 e. The molecule has 4 rings (SSSR count). The Labute approximate surface area is 158 Å². The van der Waals surface area contributed by atoms with Gasteiger partial charge in [-0.15, -0.1) is 0 Å². The van der Waals surface area contributed by atoms with Crippen molar-refractivity contribution in [2.75, 3.05) is 27.2 Å². The topological polar surface area (TPSA) is 107 Å². The highest BCUT2D eigenvalue weighted by Gasteiger charge is 2.66. The van der Waals surface area contributed by atoms with Crippen LogP contribution in [0.15, 0.2) is 30.3 Å². The van der Waals surface area contributed by atoms with Gasteiger partial charge in [0.1, 0.15) is 6.10 Å². The van der Waals surface area contributed by atoms with Crippen molar-refractivity contribution in [3.63, 3.8) is 0 Å². The van der Waals surface area contributed by atoms with E-state index in [0.29, 0.717) is 19.5 Å². The van der Waals surface area contributed by atoms with Crippen LogP contribution in [0.2, 0.25) is 0 Å². The molecule has 0 unspecified atom stereocenters. The van der Waals surface area contributed by atoms with Crippen LogP contribution in [0.3, 0.4) is 0 Å². The van der Waals surface area contributed by atoms with Crippen molar-refractivity contribution < 1.29 is 27.9 Å². The molecule has 148 valence electrons. The van der Waals surface area contributed by atoms with Crippen LogP contribution in [0, 0.1) is 0 Å². The van der Waals surface area contributed by atoms with Crippen LogP contribution < -0.4 is 0 Å². The largest absolute Gasteiger partial charge is 0.483 e. The Hall–Kier alpha value is -2.01. The quantitative estimate of drug-likeness (QED) is 0.734. The summed E-state index contributed by atoms with van der Waals surface area (Å²) < 4.78 is 34.1. The third-order valence-corrected chi connectivity index (χ3v) is 7.26. The molecule has 1 aromatic carbocycles. The summed E-state index contributed by atoms with van der Waals surface area (Å²) in [7, 11) is -0.550. The molecule has 3 aliphatic heterocycles. The zero-order valence-corrected chi connectivity index (χ0v) is 16.0. The third-order valence-electron chi connectivity index (χ3n) is 5.31. The van der Waals surface area contributed by atoms with Crippen LogP contribution in [-0.2, 0) is 24.5 Å². The summed E-state index contributed by atoms with van der Waals surface area (Å²) in [5.41, 5.74) is 0.197. The molecule has 0 saturated carbocycles. The molecule has 3 aliphatic rings. The SMILES string of the molecule is CN(C)S(=O)(=O)N1CC[C@@]23O[C@@H](c4ccccc4)CN2C(=O)C[C@@H]13.O=CO. The fraction of sp³-hybridized carbons (Fsp3) is 0.529. The average molecular weight is 397 g/mol. The van der Waals surface area contributed by atoms with Gasteiger partial charge in [0.05, 0.1) is 12.6 Å². The van der Waals surface area contributed by atoms with Gasteiger partial charge in [-0.2, -0.15) is 17.0 Å². The van der Waals surface area contributed by atoms with Gasteiger partial charge in [-0.3, -0.25) is 9.59 Å². The van der Waals surface area contributed by atoms with Crippen molar-refractivity contribution in [2.24, 2.45) is 0 Å². The fourth-order valence-electron chi connectivity index (χ4n) is 4.11. The van der Waals surface area contributed by atoms with Gasteiger partial charge in [0, 0.05) is 33.5 Å². The standard InChI is InChI=1S/C16H21N3O4S.CH2O2/c1-17(2)24(21,22)19-9-8-16-14(19)10-15(20)18(16)11-13(23-16)12-6-4-3-5-7-12;2-1-3/h3-7,13-14H,8-11H2,1-2H3;1H,(H,2,3)/t13-,14-,16+;/m1./s1. The van der Waals surface area contributed by atoms with Gasteiger partial charge in [-0.05, 0) is 5.56 Å². The number of carbonyl (C=O) groups is 2. The summed E-state index contributed by atoms with van der Waals surface area (Å²) in [5.74, 6) is -0.0305. The van der Waals surface area contributed by atoms with Crippen molar-refractivity contribution in [1.82, 2.24) is 13.5 Å². The molecule has 0 radical (unpaired) electrons. The summed E-state index contributed by atoms with van der Waals surface area (Å²) in [4.78, 5) is 22.6. The second kappa shape index (κ2) is 7.19. The number of amides is 1. The molecular formula is C17H23N3O6S. The van der Waals surface area contributed by atoms with Gasteiger partial charge in [0.25, 0.3) is 16.7 Å². The van der Waals surface area contributed by atoms with Crippen molar-refractivity contribution in [3.05, 3.63) is 35.9 Å². The molecule has 3 saturated heterocycles. The van der Waals surface area contributed by atoms with Crippen molar-refractivity contribution in [2.45, 2.75) is 30.7 Å². The summed E-state index contributed by atoms with van der Waals surface area (Å²) in [6, 6.07) is 9.32. The molecule has 3 fully saturated rings. The number of rotatable bonds is 3. The Morgan fingerprint density at radius 1 is 1.30 bits per heavy atom. The summed E-state index contributed by atoms with van der Waals surface area (Å²) in [6.45, 7) is 0.603. The maximum atomic E-state index is 12.6. The molecule has 1 amide bonds. The third kappa shape index (κ3) is 3.12. The highest BCUT2D eigenvalue weighted by Crippen LogP contribution is 2.51. The Kier molecular flexibility index (Phi) is 5.26. The van der Waals surface area contributed by atoms with Crippen LogP contribution in [0.25, 0.3) is 0 Å². The Morgan fingerprint density at radius 2 is 1.93 bits per heavy atom. The number of nitrogens with zero attached hydrogens (tertiary/aromatic N) is 3. The first-order valence-corrected chi connectivity index (χ1v) is 9.98. The van der Waals surface area contributed by atoms with Gasteiger partial charge in [-0.25, -0.2) is 0 Å². The van der Waals surface area contributed by atoms with Gasteiger partial charge in [0.15, 0.2) is 5.72 Å². The highest BCUT2D eigenvalue weighted by molar-refractivity contribution is 7.86. The first-order chi connectivity index (χ1) is 12.8. The molecule has 0 bridgehead atoms. The second-order valence-corrected chi connectivity index (χ2v) is 8.94. The molecule has 3 atom stereocenters. The van der Waals surface area contributed by atoms with E-state index >= 15 is 0 Å². The van der Waals surface area contributed by atoms with Gasteiger partial charge in [0.2, 0.25) is 5.91 Å². The molecule has 27 heavy (non-hydrogen) atoms. The Morgan fingerprint density at radius 3 is 2.52 bits per heavy atom. The monoisotopic (exact) mass is 397 g/mol. The number of ether oxygens (including phenoxy) is 1. The first-order valence-electron chi connectivity index (χ1n) is 8.58. The smallest absolute Gasteiger partial charge is 0.290 e. The first kappa shape index (κ1) is 19.7. The number of benzene rings is 1. The van der Waals surface area contributed by atoms with Crippen molar-refractivity contribution in [3.8, 4) is 0 Å². The summed E-state index contributed by atoms with van der Waals surface area (Å²) in [6.07, 6.45) is 0.494. The Bertz CT molecular complexity index is 815. The van der Waals surface area contributed by atoms with E-state index in [1.165, 1.54) is 22.7 Å². The number of hydrogen-bond acceptors (Lipinski definition) is 5. The molecule has 9 nitrogen and oxygen atoms in total. The predicted octanol–water partition coefficient (Wildman–Crippen LogP) is 0.268. The maximum absolute atomic E-state index is 12.6. The average Bonchev–Trinajstić information content (AvgIpc) is 3.25. The van der Waals surface area contributed by atoms with Crippen molar-refractivity contribution >= 4 is 22.6 Å². The van der Waals surface area contributed by atoms with Crippen LogP contribution in [0.1, 0.15) is 24.5 Å². The zero-order valence-electron chi connectivity index (χ0n) is 15.2. The molecule has 1 aromatic rings. The van der Waals surface area contributed by atoms with Crippen molar-refractivity contribution in [1.29, 1.82) is 0 Å². The lowest BCUT2D eigenvalue weighted by Crippen LogP contribution is -2.50. The zero-order chi connectivity index (χ0) is 19.8. The van der Waals surface area contributed by atoms with Crippen LogP contribution >= 0.6 is 0 Å². The normalized spacial score (nSPS) is 30.0. The summed E-state index contributed by atoms with van der Waals surface area (Å²) in [5, 5.41) is 6.89. The van der Waals surface area contributed by atoms with E-state index in [2.05, 4.69) is 0 Å². The van der Waals surface area contributed by atoms with E-state index in [4.69, 9.17) is 14.6 Å². The Balaban J connectivity index is 0.000000659. The predicted molar refractivity (Wildman–Crippen MR) is 95.7 cm³/mol. The molecule has 0 aromatic heterocycles. The number of carbonyl (C=O) groups excluding carboxylic acids is 1. The van der Waals surface area contributed by atoms with E-state index in [0.717, 1.165) is 5.56 Å². The van der Waals surface area contributed by atoms with Gasteiger partial charge >= 0.3 is 0 Å². The van der Waals surface area contributed by atoms with E-state index in [-0.39, 0.29) is 24.9 Å². The molecule has 10 heteroatoms. The summed E-state index contributed by atoms with van der Waals surface area (Å²) >= 11 is 0. The lowest BCUT2D eigenvalue weighted by Gasteiger charge is -2.32. The minimum atomic E-state index is -3.57. The van der Waals surface area contributed by atoms with Gasteiger partial charge in [-0.1, -0.05) is 30.3 Å². The molecule has 3 heterocycles. The van der Waals surface area contributed by atoms with E-state index in [9.17, 15) is 13.2 Å². The minimum Gasteiger partial charge on any atom is -0.483 e. The minimum absolute atomic E-state index is 0.0305. The number of hydrogen-bond donors (Lipinski definition) is 1.